The molecule has 3 rings (SSSR count). The molecular formula is C15H19N3O3. The predicted octanol–water partition coefficient (Wildman–Crippen LogP) is 0.209. The fourth-order valence-corrected chi connectivity index (χ4v) is 3.01. The molecule has 1 saturated heterocycles. The van der Waals surface area contributed by atoms with E-state index in [4.69, 9.17) is 0 Å². The Morgan fingerprint density at radius 1 is 1.24 bits per heavy atom. The summed E-state index contributed by atoms with van der Waals surface area (Å²) in [5.41, 5.74) is 2.34. The molecule has 0 radical (unpaired) electrons. The lowest BCUT2D eigenvalue weighted by Crippen LogP contribution is -2.43. The second-order valence-corrected chi connectivity index (χ2v) is 5.53. The van der Waals surface area contributed by atoms with Crippen molar-refractivity contribution in [3.63, 3.8) is 0 Å². The number of nitrogens with one attached hydrogen (secondary N) is 1. The monoisotopic (exact) mass is 289 g/mol. The minimum absolute atomic E-state index is 0.0919. The molecule has 0 aromatic heterocycles. The Bertz CT molecular complexity index is 545. The highest BCUT2D eigenvalue weighted by Gasteiger charge is 2.30. The van der Waals surface area contributed by atoms with Gasteiger partial charge in [0.05, 0.1) is 6.54 Å². The van der Waals surface area contributed by atoms with E-state index in [0.29, 0.717) is 13.1 Å². The van der Waals surface area contributed by atoms with Crippen LogP contribution in [0.2, 0.25) is 0 Å². The SMILES string of the molecule is O=C1CNC(=O)N1CCN1CC(CO)Cc2ccccc21. The van der Waals surface area contributed by atoms with E-state index in [2.05, 4.69) is 22.3 Å². The van der Waals surface area contributed by atoms with Gasteiger partial charge in [0.25, 0.3) is 0 Å². The number of nitrogens with zero attached hydrogens (tertiary/aromatic N) is 2. The van der Waals surface area contributed by atoms with Crippen LogP contribution in [0.25, 0.3) is 0 Å². The van der Waals surface area contributed by atoms with Crippen molar-refractivity contribution in [3.8, 4) is 0 Å². The normalized spacial score (nSPS) is 21.5. The third-order valence-electron chi connectivity index (χ3n) is 4.11. The minimum Gasteiger partial charge on any atom is -0.396 e. The third-order valence-corrected chi connectivity index (χ3v) is 4.11. The van der Waals surface area contributed by atoms with Crippen LogP contribution in [0.5, 0.6) is 0 Å². The average Bonchev–Trinajstić information content (AvgIpc) is 2.83. The molecule has 6 nitrogen and oxygen atoms in total. The number of aliphatic hydroxyl groups excluding tert-OH is 1. The number of carbonyl (C=O) groups excluding carboxylic acids is 2. The van der Waals surface area contributed by atoms with Crippen LogP contribution in [0.1, 0.15) is 5.56 Å². The van der Waals surface area contributed by atoms with Gasteiger partial charge in [-0.05, 0) is 18.1 Å². The first-order valence-electron chi connectivity index (χ1n) is 7.21. The van der Waals surface area contributed by atoms with Gasteiger partial charge in [-0.2, -0.15) is 0 Å². The molecule has 0 bridgehead atoms. The summed E-state index contributed by atoms with van der Waals surface area (Å²) in [6, 6.07) is 7.78. The minimum atomic E-state index is -0.316. The summed E-state index contributed by atoms with van der Waals surface area (Å²) in [4.78, 5) is 26.6. The number of hydrogen-bond donors (Lipinski definition) is 2. The van der Waals surface area contributed by atoms with Gasteiger partial charge in [0.1, 0.15) is 0 Å². The highest BCUT2D eigenvalue weighted by atomic mass is 16.3. The van der Waals surface area contributed by atoms with E-state index in [-0.39, 0.29) is 31.0 Å². The maximum Gasteiger partial charge on any atom is 0.324 e. The molecule has 1 atom stereocenters. The molecule has 1 aromatic rings. The number of carbonyl (C=O) groups is 2. The number of fused-ring (bicyclic) bond motifs is 1. The van der Waals surface area contributed by atoms with Crippen molar-refractivity contribution in [2.24, 2.45) is 5.92 Å². The fraction of sp³-hybridized carbons (Fsp3) is 0.467. The average molecular weight is 289 g/mol. The van der Waals surface area contributed by atoms with Crippen LogP contribution in [-0.2, 0) is 11.2 Å². The molecule has 21 heavy (non-hydrogen) atoms. The topological polar surface area (TPSA) is 72.9 Å². The summed E-state index contributed by atoms with van der Waals surface area (Å²) < 4.78 is 0. The van der Waals surface area contributed by atoms with Crippen LogP contribution >= 0.6 is 0 Å². The first-order chi connectivity index (χ1) is 10.2. The highest BCUT2D eigenvalue weighted by Crippen LogP contribution is 2.29. The number of imide groups is 1. The molecule has 1 fully saturated rings. The second kappa shape index (κ2) is 5.73. The zero-order valence-electron chi connectivity index (χ0n) is 11.8. The molecule has 2 aliphatic heterocycles. The van der Waals surface area contributed by atoms with Gasteiger partial charge in [0, 0.05) is 37.8 Å². The van der Waals surface area contributed by atoms with Crippen molar-refractivity contribution in [2.75, 3.05) is 37.7 Å². The van der Waals surface area contributed by atoms with Gasteiger partial charge in [-0.1, -0.05) is 18.2 Å². The number of rotatable bonds is 4. The largest absolute Gasteiger partial charge is 0.396 e. The van der Waals surface area contributed by atoms with Gasteiger partial charge in [0.2, 0.25) is 5.91 Å². The quantitative estimate of drug-likeness (QED) is 0.777. The lowest BCUT2D eigenvalue weighted by molar-refractivity contribution is -0.124. The van der Waals surface area contributed by atoms with Crippen molar-refractivity contribution in [1.29, 1.82) is 0 Å². The van der Waals surface area contributed by atoms with Crippen molar-refractivity contribution in [2.45, 2.75) is 6.42 Å². The van der Waals surface area contributed by atoms with Crippen molar-refractivity contribution in [3.05, 3.63) is 29.8 Å². The molecule has 2 heterocycles. The molecule has 3 amide bonds. The van der Waals surface area contributed by atoms with E-state index in [1.807, 2.05) is 12.1 Å². The smallest absolute Gasteiger partial charge is 0.324 e. The van der Waals surface area contributed by atoms with E-state index in [1.54, 1.807) is 0 Å². The summed E-state index contributed by atoms with van der Waals surface area (Å²) in [6.07, 6.45) is 0.867. The Morgan fingerprint density at radius 3 is 2.76 bits per heavy atom. The second-order valence-electron chi connectivity index (χ2n) is 5.53. The molecule has 0 saturated carbocycles. The number of para-hydroxylation sites is 1. The van der Waals surface area contributed by atoms with Crippen LogP contribution < -0.4 is 10.2 Å². The third kappa shape index (κ3) is 2.71. The first kappa shape index (κ1) is 13.9. The summed E-state index contributed by atoms with van der Waals surface area (Å²) >= 11 is 0. The Balaban J connectivity index is 1.72. The maximum atomic E-state index is 11.6. The molecular weight excluding hydrogens is 270 g/mol. The molecule has 0 spiro atoms. The standard InChI is InChI=1S/C15H19N3O3/c19-10-11-7-12-3-1-2-4-13(12)17(9-11)5-6-18-14(20)8-16-15(18)21/h1-4,11,19H,5-10H2,(H,16,21). The van der Waals surface area contributed by atoms with Crippen LogP contribution in [0.4, 0.5) is 10.5 Å². The Labute approximate surface area is 123 Å². The van der Waals surface area contributed by atoms with Crippen LogP contribution in [0.15, 0.2) is 24.3 Å². The molecule has 6 heteroatoms. The highest BCUT2D eigenvalue weighted by molar-refractivity contribution is 6.01. The van der Waals surface area contributed by atoms with Gasteiger partial charge in [0.15, 0.2) is 0 Å². The lowest BCUT2D eigenvalue weighted by Gasteiger charge is -2.36. The summed E-state index contributed by atoms with van der Waals surface area (Å²) in [5, 5.41) is 12.0. The van der Waals surface area contributed by atoms with E-state index in [1.165, 1.54) is 10.5 Å². The Morgan fingerprint density at radius 2 is 2.05 bits per heavy atom. The number of aliphatic hydroxyl groups is 1. The summed E-state index contributed by atoms with van der Waals surface area (Å²) in [6.45, 7) is 1.95. The zero-order valence-corrected chi connectivity index (χ0v) is 11.8. The van der Waals surface area contributed by atoms with Gasteiger partial charge in [-0.15, -0.1) is 0 Å². The maximum absolute atomic E-state index is 11.6. The molecule has 2 N–H and O–H groups in total. The van der Waals surface area contributed by atoms with Crippen LogP contribution in [-0.4, -0.2) is 54.7 Å². The van der Waals surface area contributed by atoms with Crippen LogP contribution in [0.3, 0.4) is 0 Å². The number of urea groups is 1. The molecule has 112 valence electrons. The summed E-state index contributed by atoms with van der Waals surface area (Å²) in [7, 11) is 0. The number of hydrogen-bond acceptors (Lipinski definition) is 4. The number of anilines is 1. The predicted molar refractivity (Wildman–Crippen MR) is 78.0 cm³/mol. The molecule has 2 aliphatic rings. The van der Waals surface area contributed by atoms with Gasteiger partial charge in [-0.25, -0.2) is 4.79 Å². The number of benzene rings is 1. The van der Waals surface area contributed by atoms with Crippen molar-refractivity contribution >= 4 is 17.6 Å². The first-order valence-corrected chi connectivity index (χ1v) is 7.21. The van der Waals surface area contributed by atoms with Gasteiger partial charge >= 0.3 is 6.03 Å². The van der Waals surface area contributed by atoms with Crippen molar-refractivity contribution in [1.82, 2.24) is 10.2 Å². The van der Waals surface area contributed by atoms with E-state index >= 15 is 0 Å². The Kier molecular flexibility index (Phi) is 3.79. The Hall–Kier alpha value is -2.08. The number of amides is 3. The van der Waals surface area contributed by atoms with Gasteiger partial charge in [-0.3, -0.25) is 9.69 Å². The van der Waals surface area contributed by atoms with Crippen LogP contribution in [0, 0.1) is 5.92 Å². The fourth-order valence-electron chi connectivity index (χ4n) is 3.01. The summed E-state index contributed by atoms with van der Waals surface area (Å²) in [5.74, 6) is 0.0204. The van der Waals surface area contributed by atoms with Crippen molar-refractivity contribution < 1.29 is 14.7 Å². The van der Waals surface area contributed by atoms with E-state index in [0.717, 1.165) is 18.7 Å². The molecule has 0 aliphatic carbocycles. The molecule has 1 aromatic carbocycles. The lowest BCUT2D eigenvalue weighted by atomic mass is 9.93. The molecule has 1 unspecified atom stereocenters. The van der Waals surface area contributed by atoms with E-state index < -0.39 is 0 Å². The van der Waals surface area contributed by atoms with Gasteiger partial charge < -0.3 is 15.3 Å². The van der Waals surface area contributed by atoms with E-state index in [9.17, 15) is 14.7 Å². The zero-order chi connectivity index (χ0) is 14.8.